The Morgan fingerprint density at radius 2 is 1.63 bits per heavy atom. The van der Waals surface area contributed by atoms with Crippen LogP contribution in [-0.2, 0) is 9.84 Å². The van der Waals surface area contributed by atoms with Crippen molar-refractivity contribution in [1.29, 1.82) is 0 Å². The zero-order valence-electron chi connectivity index (χ0n) is 18.6. The van der Waals surface area contributed by atoms with Gasteiger partial charge in [0.2, 0.25) is 0 Å². The third-order valence-corrected chi connectivity index (χ3v) is 7.14. The summed E-state index contributed by atoms with van der Waals surface area (Å²) in [6, 6.07) is 26.6. The number of hydrogen-bond donors (Lipinski definition) is 2. The second kappa shape index (κ2) is 9.02. The Balaban J connectivity index is 1.54. The molecule has 5 rings (SSSR count). The van der Waals surface area contributed by atoms with Gasteiger partial charge in [-0.1, -0.05) is 60.1 Å². The predicted octanol–water partition coefficient (Wildman–Crippen LogP) is 6.21. The van der Waals surface area contributed by atoms with Gasteiger partial charge in [0.05, 0.1) is 15.4 Å². The largest absolute Gasteiger partial charge is 0.322 e. The first kappa shape index (κ1) is 22.8. The fourth-order valence-electron chi connectivity index (χ4n) is 3.96. The molecule has 0 atom stereocenters. The highest BCUT2D eigenvalue weighted by atomic mass is 35.5. The molecule has 0 saturated carbocycles. The van der Waals surface area contributed by atoms with Crippen LogP contribution in [-0.4, -0.2) is 30.8 Å². The van der Waals surface area contributed by atoms with Crippen molar-refractivity contribution in [3.05, 3.63) is 102 Å². The molecule has 0 aliphatic rings. The minimum absolute atomic E-state index is 0.145. The zero-order chi connectivity index (χ0) is 24.6. The van der Waals surface area contributed by atoms with E-state index in [1.807, 2.05) is 54.6 Å². The fraction of sp³-hybridized carbons (Fsp3) is 0.0370. The van der Waals surface area contributed by atoms with Gasteiger partial charge in [0, 0.05) is 28.5 Å². The van der Waals surface area contributed by atoms with Crippen LogP contribution >= 0.6 is 11.6 Å². The average Bonchev–Trinajstić information content (AvgIpc) is 3.29. The lowest BCUT2D eigenvalue weighted by Gasteiger charge is -2.13. The van der Waals surface area contributed by atoms with Crippen molar-refractivity contribution < 1.29 is 13.2 Å². The van der Waals surface area contributed by atoms with Gasteiger partial charge in [-0.05, 0) is 53.6 Å². The molecular formula is C27H20ClN3O3S. The number of rotatable bonds is 5. The number of amides is 1. The summed E-state index contributed by atoms with van der Waals surface area (Å²) < 4.78 is 24.3. The topological polar surface area (TPSA) is 91.9 Å². The van der Waals surface area contributed by atoms with E-state index < -0.39 is 9.84 Å². The summed E-state index contributed by atoms with van der Waals surface area (Å²) in [7, 11) is -3.44. The van der Waals surface area contributed by atoms with Gasteiger partial charge in [0.25, 0.3) is 5.91 Å². The fourth-order valence-corrected chi connectivity index (χ4v) is 4.81. The molecule has 0 saturated heterocycles. The molecule has 6 nitrogen and oxygen atoms in total. The molecule has 8 heteroatoms. The maximum absolute atomic E-state index is 13.3. The van der Waals surface area contributed by atoms with Gasteiger partial charge < -0.3 is 5.32 Å². The molecule has 0 unspecified atom stereocenters. The number of carbonyl (C=O) groups is 1. The number of fused-ring (bicyclic) bond motifs is 1. The van der Waals surface area contributed by atoms with Crippen LogP contribution in [0.15, 0.2) is 95.9 Å². The first-order valence-electron chi connectivity index (χ1n) is 10.8. The minimum atomic E-state index is -3.44. The minimum Gasteiger partial charge on any atom is -0.322 e. The molecule has 5 aromatic rings. The lowest BCUT2D eigenvalue weighted by atomic mass is 9.99. The molecule has 0 aliphatic heterocycles. The van der Waals surface area contributed by atoms with Crippen molar-refractivity contribution in [3.8, 4) is 22.4 Å². The van der Waals surface area contributed by atoms with Gasteiger partial charge >= 0.3 is 0 Å². The highest BCUT2D eigenvalue weighted by Gasteiger charge is 2.18. The molecule has 1 amide bonds. The van der Waals surface area contributed by atoms with Crippen LogP contribution in [0.3, 0.4) is 0 Å². The van der Waals surface area contributed by atoms with Crippen molar-refractivity contribution in [1.82, 2.24) is 10.2 Å². The maximum atomic E-state index is 13.3. The molecule has 0 aliphatic carbocycles. The molecule has 0 spiro atoms. The van der Waals surface area contributed by atoms with Crippen LogP contribution in [0.5, 0.6) is 0 Å². The first-order valence-corrected chi connectivity index (χ1v) is 13.0. The standard InChI is InChI=1S/C27H20ClN3O3S/c1-35(33,34)19-12-13-20(22(16-19)17-7-3-2-4-8-17)27(32)29-18-11-14-24(28)23(15-18)26-21-9-5-6-10-25(21)30-31-26/h2-16H,1H3,(H,29,32)(H,30,31). The van der Waals surface area contributed by atoms with Gasteiger partial charge in [0.15, 0.2) is 9.84 Å². The van der Waals surface area contributed by atoms with Gasteiger partial charge in [-0.15, -0.1) is 0 Å². The molecule has 4 aromatic carbocycles. The summed E-state index contributed by atoms with van der Waals surface area (Å²) >= 11 is 6.48. The van der Waals surface area contributed by atoms with Crippen molar-refractivity contribution in [2.75, 3.05) is 11.6 Å². The highest BCUT2D eigenvalue weighted by molar-refractivity contribution is 7.90. The Morgan fingerprint density at radius 3 is 2.40 bits per heavy atom. The number of aromatic nitrogens is 2. The van der Waals surface area contributed by atoms with E-state index in [0.29, 0.717) is 33.1 Å². The summed E-state index contributed by atoms with van der Waals surface area (Å²) in [5, 5.41) is 11.7. The van der Waals surface area contributed by atoms with Crippen LogP contribution in [0.4, 0.5) is 5.69 Å². The van der Waals surface area contributed by atoms with Crippen LogP contribution in [0.25, 0.3) is 33.3 Å². The van der Waals surface area contributed by atoms with E-state index in [-0.39, 0.29) is 10.8 Å². The number of carbonyl (C=O) groups excluding carboxylic acids is 1. The number of aromatic amines is 1. The second-order valence-electron chi connectivity index (χ2n) is 8.11. The molecular weight excluding hydrogens is 482 g/mol. The normalized spacial score (nSPS) is 11.5. The molecule has 1 heterocycles. The Morgan fingerprint density at radius 1 is 0.886 bits per heavy atom. The van der Waals surface area contributed by atoms with E-state index in [9.17, 15) is 13.2 Å². The lowest BCUT2D eigenvalue weighted by molar-refractivity contribution is 0.102. The number of hydrogen-bond acceptors (Lipinski definition) is 4. The Kier molecular flexibility index (Phi) is 5.88. The lowest BCUT2D eigenvalue weighted by Crippen LogP contribution is -2.14. The van der Waals surface area contributed by atoms with E-state index in [0.717, 1.165) is 22.7 Å². The Bertz CT molecular complexity index is 1680. The number of halogens is 1. The molecule has 1 aromatic heterocycles. The summed E-state index contributed by atoms with van der Waals surface area (Å²) in [6.07, 6.45) is 1.14. The highest BCUT2D eigenvalue weighted by Crippen LogP contribution is 2.34. The molecule has 2 N–H and O–H groups in total. The van der Waals surface area contributed by atoms with E-state index in [1.165, 1.54) is 18.2 Å². The maximum Gasteiger partial charge on any atom is 0.256 e. The summed E-state index contributed by atoms with van der Waals surface area (Å²) in [5.41, 5.74) is 4.40. The summed E-state index contributed by atoms with van der Waals surface area (Å²) in [6.45, 7) is 0. The number of benzene rings is 4. The van der Waals surface area contributed by atoms with E-state index in [4.69, 9.17) is 11.6 Å². The number of para-hydroxylation sites is 1. The van der Waals surface area contributed by atoms with E-state index in [1.54, 1.807) is 18.2 Å². The zero-order valence-corrected chi connectivity index (χ0v) is 20.2. The van der Waals surface area contributed by atoms with Gasteiger partial charge in [-0.25, -0.2) is 8.42 Å². The molecule has 0 radical (unpaired) electrons. The van der Waals surface area contributed by atoms with Crippen LogP contribution in [0.1, 0.15) is 10.4 Å². The smallest absolute Gasteiger partial charge is 0.256 e. The number of H-pyrrole nitrogens is 1. The van der Waals surface area contributed by atoms with E-state index >= 15 is 0 Å². The number of sulfone groups is 1. The molecule has 35 heavy (non-hydrogen) atoms. The van der Waals surface area contributed by atoms with Crippen molar-refractivity contribution >= 4 is 43.9 Å². The Hall–Kier alpha value is -3.94. The van der Waals surface area contributed by atoms with Gasteiger partial charge in [0.1, 0.15) is 5.69 Å². The molecule has 0 bridgehead atoms. The third kappa shape index (κ3) is 4.56. The third-order valence-electron chi connectivity index (χ3n) is 5.70. The second-order valence-corrected chi connectivity index (χ2v) is 10.5. The van der Waals surface area contributed by atoms with Gasteiger partial charge in [-0.3, -0.25) is 9.89 Å². The van der Waals surface area contributed by atoms with Crippen molar-refractivity contribution in [2.24, 2.45) is 0 Å². The van der Waals surface area contributed by atoms with Crippen LogP contribution in [0.2, 0.25) is 5.02 Å². The number of nitrogens with zero attached hydrogens (tertiary/aromatic N) is 1. The molecule has 174 valence electrons. The van der Waals surface area contributed by atoms with Gasteiger partial charge in [-0.2, -0.15) is 5.10 Å². The van der Waals surface area contributed by atoms with Crippen molar-refractivity contribution in [2.45, 2.75) is 4.90 Å². The monoisotopic (exact) mass is 501 g/mol. The quantitative estimate of drug-likeness (QED) is 0.299. The summed E-state index contributed by atoms with van der Waals surface area (Å²) in [5.74, 6) is -0.371. The molecule has 0 fully saturated rings. The van der Waals surface area contributed by atoms with Crippen molar-refractivity contribution in [3.63, 3.8) is 0 Å². The SMILES string of the molecule is CS(=O)(=O)c1ccc(C(=O)Nc2ccc(Cl)c(-c3n[nH]c4ccccc34)c2)c(-c2ccccc2)c1. The number of nitrogens with one attached hydrogen (secondary N) is 2. The summed E-state index contributed by atoms with van der Waals surface area (Å²) in [4.78, 5) is 13.5. The number of anilines is 1. The van der Waals surface area contributed by atoms with Crippen LogP contribution < -0.4 is 5.32 Å². The Labute approximate surface area is 207 Å². The van der Waals surface area contributed by atoms with E-state index in [2.05, 4.69) is 15.5 Å². The average molecular weight is 502 g/mol. The predicted molar refractivity (Wildman–Crippen MR) is 139 cm³/mol. The van der Waals surface area contributed by atoms with Crippen LogP contribution in [0, 0.1) is 0 Å². The first-order chi connectivity index (χ1) is 16.8.